The smallest absolute Gasteiger partial charge is 0.371 e. The average molecular weight is 251 g/mol. The maximum atomic E-state index is 11.6. The van der Waals surface area contributed by atoms with E-state index in [1.807, 2.05) is 0 Å². The molecule has 18 heavy (non-hydrogen) atoms. The molecule has 0 saturated carbocycles. The van der Waals surface area contributed by atoms with Gasteiger partial charge in [-0.05, 0) is 19.4 Å². The van der Waals surface area contributed by atoms with Crippen molar-refractivity contribution in [3.8, 4) is 0 Å². The minimum atomic E-state index is -1.17. The molecule has 2 heterocycles. The number of hydrogen-bond donors (Lipinski definition) is 1. The van der Waals surface area contributed by atoms with E-state index < -0.39 is 5.97 Å². The van der Waals surface area contributed by atoms with E-state index in [1.165, 1.54) is 6.07 Å². The zero-order valence-electron chi connectivity index (χ0n) is 9.93. The van der Waals surface area contributed by atoms with Crippen molar-refractivity contribution in [3.05, 3.63) is 23.2 Å². The van der Waals surface area contributed by atoms with Crippen LogP contribution in [-0.4, -0.2) is 27.8 Å². The molecule has 1 aromatic rings. The summed E-state index contributed by atoms with van der Waals surface area (Å²) < 4.78 is 5.04. The lowest BCUT2D eigenvalue weighted by Crippen LogP contribution is -2.39. The molecule has 1 N–H and O–H groups in total. The fraction of sp³-hybridized carbons (Fsp3) is 0.417. The summed E-state index contributed by atoms with van der Waals surface area (Å²) in [7, 11) is 0. The minimum absolute atomic E-state index is 0.0836. The van der Waals surface area contributed by atoms with Gasteiger partial charge in [0.1, 0.15) is 5.76 Å². The Hall–Kier alpha value is -2.11. The molecule has 1 fully saturated rings. The highest BCUT2D eigenvalue weighted by Gasteiger charge is 2.27. The predicted molar refractivity (Wildman–Crippen MR) is 59.8 cm³/mol. The van der Waals surface area contributed by atoms with Crippen molar-refractivity contribution in [1.29, 1.82) is 0 Å². The third-order valence-corrected chi connectivity index (χ3v) is 2.94. The molecule has 96 valence electrons. The SMILES string of the molecule is Cc1oc(C(=O)O)cc1CN1C(=O)CCCC1=O. The molecule has 1 aliphatic rings. The molecule has 1 aromatic heterocycles. The summed E-state index contributed by atoms with van der Waals surface area (Å²) in [6, 6.07) is 1.35. The summed E-state index contributed by atoms with van der Waals surface area (Å²) in [4.78, 5) is 35.1. The lowest BCUT2D eigenvalue weighted by atomic mass is 10.1. The second-order valence-corrected chi connectivity index (χ2v) is 4.22. The Morgan fingerprint density at radius 2 is 2.00 bits per heavy atom. The zero-order chi connectivity index (χ0) is 13.3. The highest BCUT2D eigenvalue weighted by molar-refractivity contribution is 5.97. The lowest BCUT2D eigenvalue weighted by Gasteiger charge is -2.24. The van der Waals surface area contributed by atoms with Gasteiger partial charge in [0, 0.05) is 18.4 Å². The van der Waals surface area contributed by atoms with Crippen molar-refractivity contribution >= 4 is 17.8 Å². The molecule has 0 spiro atoms. The molecule has 0 atom stereocenters. The lowest BCUT2D eigenvalue weighted by molar-refractivity contribution is -0.148. The maximum absolute atomic E-state index is 11.6. The second-order valence-electron chi connectivity index (χ2n) is 4.22. The number of nitrogens with zero attached hydrogens (tertiary/aromatic N) is 1. The first-order valence-corrected chi connectivity index (χ1v) is 5.65. The molecule has 0 radical (unpaired) electrons. The number of carbonyl (C=O) groups is 3. The van der Waals surface area contributed by atoms with E-state index in [-0.39, 0.29) is 24.1 Å². The number of hydrogen-bond acceptors (Lipinski definition) is 4. The van der Waals surface area contributed by atoms with Crippen LogP contribution in [0.1, 0.15) is 41.1 Å². The average Bonchev–Trinajstić information content (AvgIpc) is 2.66. The predicted octanol–water partition coefficient (Wildman–Crippen LogP) is 1.33. The van der Waals surface area contributed by atoms with Gasteiger partial charge in [0.05, 0.1) is 6.54 Å². The number of amides is 2. The van der Waals surface area contributed by atoms with E-state index in [4.69, 9.17) is 9.52 Å². The fourth-order valence-electron chi connectivity index (χ4n) is 1.93. The first kappa shape index (κ1) is 12.3. The Bertz CT molecular complexity index is 501. The summed E-state index contributed by atoms with van der Waals surface area (Å²) in [6.45, 7) is 1.70. The van der Waals surface area contributed by atoms with Crippen LogP contribution < -0.4 is 0 Å². The molecule has 1 saturated heterocycles. The monoisotopic (exact) mass is 251 g/mol. The number of furan rings is 1. The van der Waals surface area contributed by atoms with Crippen molar-refractivity contribution in [2.75, 3.05) is 0 Å². The van der Waals surface area contributed by atoms with Crippen LogP contribution >= 0.6 is 0 Å². The molecule has 2 rings (SSSR count). The number of aryl methyl sites for hydroxylation is 1. The van der Waals surface area contributed by atoms with Crippen molar-refractivity contribution in [1.82, 2.24) is 4.90 Å². The van der Waals surface area contributed by atoms with Crippen molar-refractivity contribution in [3.63, 3.8) is 0 Å². The Kier molecular flexibility index (Phi) is 3.18. The van der Waals surface area contributed by atoms with Gasteiger partial charge in [-0.1, -0.05) is 0 Å². The Balaban J connectivity index is 2.20. The maximum Gasteiger partial charge on any atom is 0.371 e. The largest absolute Gasteiger partial charge is 0.475 e. The number of likely N-dealkylation sites (tertiary alicyclic amines) is 1. The Morgan fingerprint density at radius 3 is 2.50 bits per heavy atom. The van der Waals surface area contributed by atoms with E-state index in [9.17, 15) is 14.4 Å². The van der Waals surface area contributed by atoms with Gasteiger partial charge in [-0.15, -0.1) is 0 Å². The molecule has 0 aromatic carbocycles. The number of carbonyl (C=O) groups excluding carboxylic acids is 2. The van der Waals surface area contributed by atoms with E-state index in [1.54, 1.807) is 6.92 Å². The molecule has 6 heteroatoms. The third-order valence-electron chi connectivity index (χ3n) is 2.94. The molecular formula is C12H13NO5. The number of carboxylic acid groups (broad SMARTS) is 1. The van der Waals surface area contributed by atoms with E-state index in [2.05, 4.69) is 0 Å². The number of piperidine rings is 1. The number of carboxylic acids is 1. The van der Waals surface area contributed by atoms with Gasteiger partial charge < -0.3 is 9.52 Å². The molecular weight excluding hydrogens is 238 g/mol. The van der Waals surface area contributed by atoms with Crippen LogP contribution in [0.15, 0.2) is 10.5 Å². The van der Waals surface area contributed by atoms with Crippen LogP contribution in [0.2, 0.25) is 0 Å². The molecule has 6 nitrogen and oxygen atoms in total. The zero-order valence-corrected chi connectivity index (χ0v) is 9.93. The van der Waals surface area contributed by atoms with Crippen LogP contribution in [0.4, 0.5) is 0 Å². The van der Waals surface area contributed by atoms with Gasteiger partial charge in [-0.25, -0.2) is 4.79 Å². The first-order valence-electron chi connectivity index (χ1n) is 5.65. The van der Waals surface area contributed by atoms with Crippen molar-refractivity contribution in [2.24, 2.45) is 0 Å². The van der Waals surface area contributed by atoms with Gasteiger partial charge >= 0.3 is 5.97 Å². The summed E-state index contributed by atoms with van der Waals surface area (Å²) in [5, 5.41) is 8.79. The summed E-state index contributed by atoms with van der Waals surface area (Å²) in [6.07, 6.45) is 1.29. The Morgan fingerprint density at radius 1 is 1.39 bits per heavy atom. The van der Waals surface area contributed by atoms with Crippen LogP contribution in [0.5, 0.6) is 0 Å². The summed E-state index contributed by atoms with van der Waals surface area (Å²) >= 11 is 0. The highest BCUT2D eigenvalue weighted by Crippen LogP contribution is 2.20. The first-order chi connectivity index (χ1) is 8.49. The van der Waals surface area contributed by atoms with Gasteiger partial charge in [0.25, 0.3) is 0 Å². The van der Waals surface area contributed by atoms with Crippen molar-refractivity contribution < 1.29 is 23.9 Å². The highest BCUT2D eigenvalue weighted by atomic mass is 16.4. The minimum Gasteiger partial charge on any atom is -0.475 e. The van der Waals surface area contributed by atoms with Crippen molar-refractivity contribution in [2.45, 2.75) is 32.7 Å². The van der Waals surface area contributed by atoms with Crippen LogP contribution in [0, 0.1) is 6.92 Å². The van der Waals surface area contributed by atoms with Crippen LogP contribution in [0.3, 0.4) is 0 Å². The van der Waals surface area contributed by atoms with Gasteiger partial charge in [-0.2, -0.15) is 0 Å². The topological polar surface area (TPSA) is 87.8 Å². The molecule has 2 amide bonds. The van der Waals surface area contributed by atoms with E-state index in [0.29, 0.717) is 30.6 Å². The number of aromatic carboxylic acids is 1. The van der Waals surface area contributed by atoms with E-state index in [0.717, 1.165) is 4.90 Å². The number of imide groups is 1. The normalized spacial score (nSPS) is 16.2. The summed E-state index contributed by atoms with van der Waals surface area (Å²) in [5.41, 5.74) is 0.552. The Labute approximate surface area is 103 Å². The quantitative estimate of drug-likeness (QED) is 0.818. The molecule has 0 aliphatic carbocycles. The third kappa shape index (κ3) is 2.27. The van der Waals surface area contributed by atoms with Gasteiger partial charge in [0.2, 0.25) is 17.6 Å². The second kappa shape index (κ2) is 4.64. The van der Waals surface area contributed by atoms with Crippen LogP contribution in [0.25, 0.3) is 0 Å². The number of rotatable bonds is 3. The molecule has 1 aliphatic heterocycles. The van der Waals surface area contributed by atoms with Crippen LogP contribution in [-0.2, 0) is 16.1 Å². The fourth-order valence-corrected chi connectivity index (χ4v) is 1.93. The van der Waals surface area contributed by atoms with Gasteiger partial charge in [-0.3, -0.25) is 14.5 Å². The van der Waals surface area contributed by atoms with E-state index >= 15 is 0 Å². The molecule has 0 unspecified atom stereocenters. The standard InChI is InChI=1S/C12H13NO5/c1-7-8(5-9(18-7)12(16)17)6-13-10(14)3-2-4-11(13)15/h5H,2-4,6H2,1H3,(H,16,17). The van der Waals surface area contributed by atoms with Gasteiger partial charge in [0.15, 0.2) is 0 Å². The molecule has 0 bridgehead atoms. The summed E-state index contributed by atoms with van der Waals surface area (Å²) in [5.74, 6) is -1.37.